The van der Waals surface area contributed by atoms with E-state index in [1.807, 2.05) is 63.2 Å². The number of rotatable bonds is 4. The predicted octanol–water partition coefficient (Wildman–Crippen LogP) is 5.46. The van der Waals surface area contributed by atoms with Crippen molar-refractivity contribution in [2.75, 3.05) is 4.90 Å². The van der Waals surface area contributed by atoms with Gasteiger partial charge in [-0.15, -0.1) is 0 Å². The molecule has 0 saturated carbocycles. The molecule has 0 N–H and O–H groups in total. The lowest BCUT2D eigenvalue weighted by Crippen LogP contribution is -2.30. The lowest BCUT2D eigenvalue weighted by molar-refractivity contribution is 0.0985. The summed E-state index contributed by atoms with van der Waals surface area (Å²) in [7, 11) is 0. The van der Waals surface area contributed by atoms with Crippen molar-refractivity contribution >= 4 is 32.6 Å². The third kappa shape index (κ3) is 3.66. The normalized spacial score (nSPS) is 11.0. The van der Waals surface area contributed by atoms with E-state index >= 15 is 0 Å². The number of hydrogen-bond donors (Lipinski definition) is 0. The number of carbonyl (C=O) groups excluding carboxylic acids is 1. The van der Waals surface area contributed by atoms with Gasteiger partial charge in [-0.25, -0.2) is 4.98 Å². The van der Waals surface area contributed by atoms with Crippen molar-refractivity contribution in [2.45, 2.75) is 27.3 Å². The maximum Gasteiger partial charge on any atom is 0.260 e. The van der Waals surface area contributed by atoms with Crippen LogP contribution in [0.1, 0.15) is 32.6 Å². The molecule has 0 saturated heterocycles. The van der Waals surface area contributed by atoms with E-state index in [0.717, 1.165) is 32.5 Å². The van der Waals surface area contributed by atoms with Gasteiger partial charge in [0.1, 0.15) is 0 Å². The highest BCUT2D eigenvalue weighted by Crippen LogP contribution is 2.32. The summed E-state index contributed by atoms with van der Waals surface area (Å²) in [6.07, 6.45) is 3.53. The standard InChI is InChI=1S/C23H21N3OS/c1-15-10-16(2)12-19(11-15)22(27)26(14-18-7-5-9-24-13-18)23-25-21-17(3)6-4-8-20(21)28-23/h4-13H,14H2,1-3H3. The average molecular weight is 388 g/mol. The Bertz CT molecular complexity index is 1130. The number of aryl methyl sites for hydroxylation is 3. The van der Waals surface area contributed by atoms with Crippen molar-refractivity contribution in [3.63, 3.8) is 0 Å². The highest BCUT2D eigenvalue weighted by Gasteiger charge is 2.22. The lowest BCUT2D eigenvalue weighted by Gasteiger charge is -2.20. The zero-order chi connectivity index (χ0) is 19.7. The van der Waals surface area contributed by atoms with E-state index in [1.54, 1.807) is 28.6 Å². The maximum atomic E-state index is 13.5. The molecule has 0 aliphatic carbocycles. The quantitative estimate of drug-likeness (QED) is 0.467. The van der Waals surface area contributed by atoms with Gasteiger partial charge in [-0.2, -0.15) is 0 Å². The summed E-state index contributed by atoms with van der Waals surface area (Å²) in [5.74, 6) is -0.0487. The van der Waals surface area contributed by atoms with Gasteiger partial charge >= 0.3 is 0 Å². The van der Waals surface area contributed by atoms with Crippen LogP contribution in [0.15, 0.2) is 60.9 Å². The predicted molar refractivity (Wildman–Crippen MR) is 115 cm³/mol. The largest absolute Gasteiger partial charge is 0.279 e. The van der Waals surface area contributed by atoms with Crippen LogP contribution < -0.4 is 4.90 Å². The molecule has 0 unspecified atom stereocenters. The molecule has 4 nitrogen and oxygen atoms in total. The van der Waals surface area contributed by atoms with Crippen molar-refractivity contribution < 1.29 is 4.79 Å². The van der Waals surface area contributed by atoms with Gasteiger partial charge in [0.05, 0.1) is 16.8 Å². The van der Waals surface area contributed by atoms with Crippen LogP contribution in [0.2, 0.25) is 0 Å². The van der Waals surface area contributed by atoms with Crippen LogP contribution in [-0.4, -0.2) is 15.9 Å². The van der Waals surface area contributed by atoms with Crippen LogP contribution in [0, 0.1) is 20.8 Å². The molecule has 0 fully saturated rings. The minimum atomic E-state index is -0.0487. The van der Waals surface area contributed by atoms with Crippen molar-refractivity contribution in [1.82, 2.24) is 9.97 Å². The van der Waals surface area contributed by atoms with Crippen LogP contribution in [0.25, 0.3) is 10.2 Å². The Morgan fingerprint density at radius 1 is 1.04 bits per heavy atom. The molecular weight excluding hydrogens is 366 g/mol. The first-order chi connectivity index (χ1) is 13.5. The lowest BCUT2D eigenvalue weighted by atomic mass is 10.1. The van der Waals surface area contributed by atoms with Crippen molar-refractivity contribution in [2.24, 2.45) is 0 Å². The molecule has 0 bridgehead atoms. The molecule has 28 heavy (non-hydrogen) atoms. The van der Waals surface area contributed by atoms with E-state index in [9.17, 15) is 4.79 Å². The van der Waals surface area contributed by atoms with Crippen LogP contribution in [-0.2, 0) is 6.54 Å². The SMILES string of the molecule is Cc1cc(C)cc(C(=O)N(Cc2cccnc2)c2nc3c(C)cccc3s2)c1. The molecule has 2 aromatic carbocycles. The second kappa shape index (κ2) is 7.52. The third-order valence-corrected chi connectivity index (χ3v) is 5.66. The number of carbonyl (C=O) groups is 1. The number of amides is 1. The summed E-state index contributed by atoms with van der Waals surface area (Å²) in [6.45, 7) is 6.49. The Morgan fingerprint density at radius 3 is 2.50 bits per heavy atom. The van der Waals surface area contributed by atoms with Gasteiger partial charge < -0.3 is 0 Å². The third-order valence-electron chi connectivity index (χ3n) is 4.62. The van der Waals surface area contributed by atoms with Crippen molar-refractivity contribution in [1.29, 1.82) is 0 Å². The second-order valence-electron chi connectivity index (χ2n) is 7.05. The summed E-state index contributed by atoms with van der Waals surface area (Å²) in [4.78, 5) is 24.2. The topological polar surface area (TPSA) is 46.1 Å². The first kappa shape index (κ1) is 18.3. The smallest absolute Gasteiger partial charge is 0.260 e. The highest BCUT2D eigenvalue weighted by molar-refractivity contribution is 7.22. The Hall–Kier alpha value is -3.05. The number of benzene rings is 2. The molecule has 0 aliphatic heterocycles. The molecule has 5 heteroatoms. The zero-order valence-corrected chi connectivity index (χ0v) is 17.0. The summed E-state index contributed by atoms with van der Waals surface area (Å²) in [5, 5.41) is 0.706. The van der Waals surface area contributed by atoms with Crippen LogP contribution in [0.5, 0.6) is 0 Å². The van der Waals surface area contributed by atoms with E-state index in [2.05, 4.69) is 11.1 Å². The van der Waals surface area contributed by atoms with E-state index in [-0.39, 0.29) is 5.91 Å². The van der Waals surface area contributed by atoms with E-state index in [1.165, 1.54) is 0 Å². The van der Waals surface area contributed by atoms with Crippen LogP contribution >= 0.6 is 11.3 Å². The maximum absolute atomic E-state index is 13.5. The minimum Gasteiger partial charge on any atom is -0.279 e. The number of nitrogens with zero attached hydrogens (tertiary/aromatic N) is 3. The van der Waals surface area contributed by atoms with Crippen molar-refractivity contribution in [3.05, 3.63) is 88.7 Å². The first-order valence-corrected chi connectivity index (χ1v) is 9.98. The summed E-state index contributed by atoms with van der Waals surface area (Å²) in [5.41, 5.74) is 5.86. The molecule has 2 aromatic heterocycles. The van der Waals surface area contributed by atoms with Gasteiger partial charge in [0.25, 0.3) is 5.91 Å². The Morgan fingerprint density at radius 2 is 1.82 bits per heavy atom. The summed E-state index contributed by atoms with van der Waals surface area (Å²) >= 11 is 1.54. The monoisotopic (exact) mass is 387 g/mol. The zero-order valence-electron chi connectivity index (χ0n) is 16.1. The number of thiazole rings is 1. The van der Waals surface area contributed by atoms with Gasteiger partial charge in [-0.1, -0.05) is 46.7 Å². The number of fused-ring (bicyclic) bond motifs is 1. The van der Waals surface area contributed by atoms with Gasteiger partial charge in [-0.3, -0.25) is 14.7 Å². The average Bonchev–Trinajstić information content (AvgIpc) is 3.11. The van der Waals surface area contributed by atoms with E-state index in [0.29, 0.717) is 17.2 Å². The number of aromatic nitrogens is 2. The Labute approximate surface area is 168 Å². The molecule has 140 valence electrons. The molecule has 4 rings (SSSR count). The first-order valence-electron chi connectivity index (χ1n) is 9.16. The second-order valence-corrected chi connectivity index (χ2v) is 8.06. The molecule has 1 amide bonds. The fraction of sp³-hybridized carbons (Fsp3) is 0.174. The number of hydrogen-bond acceptors (Lipinski definition) is 4. The van der Waals surface area contributed by atoms with Gasteiger partial charge in [0.2, 0.25) is 0 Å². The van der Waals surface area contributed by atoms with Gasteiger partial charge in [0.15, 0.2) is 5.13 Å². The van der Waals surface area contributed by atoms with E-state index < -0.39 is 0 Å². The van der Waals surface area contributed by atoms with E-state index in [4.69, 9.17) is 4.98 Å². The van der Waals surface area contributed by atoms with Crippen LogP contribution in [0.3, 0.4) is 0 Å². The molecular formula is C23H21N3OS. The van der Waals surface area contributed by atoms with Gasteiger partial charge in [-0.05, 0) is 56.2 Å². The molecule has 0 atom stereocenters. The minimum absolute atomic E-state index is 0.0487. The Kier molecular flexibility index (Phi) is 4.92. The number of pyridine rings is 1. The summed E-state index contributed by atoms with van der Waals surface area (Å²) in [6, 6.07) is 15.9. The number of anilines is 1. The summed E-state index contributed by atoms with van der Waals surface area (Å²) < 4.78 is 1.08. The van der Waals surface area contributed by atoms with Gasteiger partial charge in [0, 0.05) is 18.0 Å². The highest BCUT2D eigenvalue weighted by atomic mass is 32.1. The van der Waals surface area contributed by atoms with Crippen LogP contribution in [0.4, 0.5) is 5.13 Å². The Balaban J connectivity index is 1.80. The molecule has 0 radical (unpaired) electrons. The molecule has 4 aromatic rings. The fourth-order valence-electron chi connectivity index (χ4n) is 3.34. The van der Waals surface area contributed by atoms with Crippen molar-refractivity contribution in [3.8, 4) is 0 Å². The fourth-order valence-corrected chi connectivity index (χ4v) is 4.39. The number of para-hydroxylation sites is 1. The molecule has 2 heterocycles. The molecule has 0 spiro atoms. The molecule has 0 aliphatic rings.